The summed E-state index contributed by atoms with van der Waals surface area (Å²) < 4.78 is 0. The van der Waals surface area contributed by atoms with Gasteiger partial charge in [0.05, 0.1) is 12.8 Å². The van der Waals surface area contributed by atoms with E-state index in [0.717, 1.165) is 0 Å². The summed E-state index contributed by atoms with van der Waals surface area (Å²) in [6.45, 7) is 0. The van der Waals surface area contributed by atoms with Gasteiger partial charge in [-0.1, -0.05) is 21.6 Å². The lowest BCUT2D eigenvalue weighted by Gasteiger charge is -2.18. The first-order chi connectivity index (χ1) is 12.4. The van der Waals surface area contributed by atoms with E-state index >= 15 is 0 Å². The van der Waals surface area contributed by atoms with Gasteiger partial charge in [-0.2, -0.15) is 0 Å². The molecular formula is C14H18N2O8S2. The van der Waals surface area contributed by atoms with Crippen LogP contribution in [-0.4, -0.2) is 62.6 Å². The van der Waals surface area contributed by atoms with Crippen molar-refractivity contribution in [3.05, 3.63) is 0 Å². The number of imide groups is 1. The van der Waals surface area contributed by atoms with Crippen LogP contribution < -0.4 is 0 Å². The number of hydrogen-bond acceptors (Lipinski definition) is 10. The minimum absolute atomic E-state index is 0.00758. The quantitative estimate of drug-likeness (QED) is 0.321. The van der Waals surface area contributed by atoms with Crippen molar-refractivity contribution < 1.29 is 38.8 Å². The van der Waals surface area contributed by atoms with Crippen molar-refractivity contribution in [2.45, 2.75) is 44.8 Å². The van der Waals surface area contributed by atoms with Gasteiger partial charge in [-0.15, -0.1) is 10.1 Å². The van der Waals surface area contributed by atoms with Gasteiger partial charge in [-0.3, -0.25) is 14.4 Å². The van der Waals surface area contributed by atoms with Gasteiger partial charge in [0, 0.05) is 37.2 Å². The molecule has 2 heterocycles. The van der Waals surface area contributed by atoms with Crippen molar-refractivity contribution >= 4 is 51.2 Å². The third kappa shape index (κ3) is 5.88. The van der Waals surface area contributed by atoms with Gasteiger partial charge >= 0.3 is 11.9 Å². The summed E-state index contributed by atoms with van der Waals surface area (Å²) in [5, 5.41) is 10.7. The van der Waals surface area contributed by atoms with Crippen LogP contribution in [0.3, 0.4) is 0 Å². The molecule has 2 fully saturated rings. The normalized spacial score (nSPS) is 20.0. The van der Waals surface area contributed by atoms with Crippen LogP contribution in [0.2, 0.25) is 0 Å². The summed E-state index contributed by atoms with van der Waals surface area (Å²) in [5.41, 5.74) is 0. The van der Waals surface area contributed by atoms with E-state index in [2.05, 4.69) is 0 Å². The Kier molecular flexibility index (Phi) is 7.72. The third-order valence-electron chi connectivity index (χ3n) is 3.39. The number of carbonyl (C=O) groups excluding carboxylic acids is 5. The fraction of sp³-hybridized carbons (Fsp3) is 0.643. The molecular weight excluding hydrogens is 388 g/mol. The third-order valence-corrected chi connectivity index (χ3v) is 5.80. The highest BCUT2D eigenvalue weighted by Gasteiger charge is 2.33. The lowest BCUT2D eigenvalue weighted by atomic mass is 10.4. The highest BCUT2D eigenvalue weighted by atomic mass is 33.1. The molecule has 0 aromatic heterocycles. The van der Waals surface area contributed by atoms with E-state index in [4.69, 9.17) is 9.68 Å². The van der Waals surface area contributed by atoms with Crippen LogP contribution in [0.25, 0.3) is 0 Å². The highest BCUT2D eigenvalue weighted by molar-refractivity contribution is 8.76. The first-order valence-electron chi connectivity index (χ1n) is 7.90. The summed E-state index contributed by atoms with van der Waals surface area (Å²) in [5.74, 6) is -2.02. The van der Waals surface area contributed by atoms with Crippen molar-refractivity contribution in [2.24, 2.45) is 0 Å². The van der Waals surface area contributed by atoms with E-state index in [0.29, 0.717) is 21.6 Å². The Morgan fingerprint density at radius 3 is 1.96 bits per heavy atom. The first-order valence-corrected chi connectivity index (χ1v) is 10.4. The zero-order valence-electron chi connectivity index (χ0n) is 13.8. The zero-order chi connectivity index (χ0) is 19.1. The Hall–Kier alpha value is -1.79. The Balaban J connectivity index is 1.52. The Morgan fingerprint density at radius 2 is 1.46 bits per heavy atom. The van der Waals surface area contributed by atoms with Crippen LogP contribution in [0.15, 0.2) is 0 Å². The predicted molar refractivity (Wildman–Crippen MR) is 89.5 cm³/mol. The number of nitrogens with zero attached hydrogens (tertiary/aromatic N) is 2. The topological polar surface area (TPSA) is 131 Å². The van der Waals surface area contributed by atoms with Gasteiger partial charge in [0.25, 0.3) is 17.7 Å². The van der Waals surface area contributed by atoms with Crippen LogP contribution in [0, 0.1) is 0 Å². The van der Waals surface area contributed by atoms with Crippen LogP contribution in [0.4, 0.5) is 0 Å². The number of amides is 3. The monoisotopic (exact) mass is 406 g/mol. The van der Waals surface area contributed by atoms with E-state index in [1.807, 2.05) is 0 Å². The molecule has 0 spiro atoms. The van der Waals surface area contributed by atoms with Crippen LogP contribution >= 0.6 is 21.6 Å². The number of carbonyl (C=O) groups is 5. The summed E-state index contributed by atoms with van der Waals surface area (Å²) >= 11 is 0. The van der Waals surface area contributed by atoms with Crippen molar-refractivity contribution in [3.8, 4) is 0 Å². The van der Waals surface area contributed by atoms with Gasteiger partial charge in [-0.25, -0.2) is 9.59 Å². The van der Waals surface area contributed by atoms with Gasteiger partial charge in [0.2, 0.25) is 0 Å². The van der Waals surface area contributed by atoms with Crippen LogP contribution in [0.1, 0.15) is 38.5 Å². The average Bonchev–Trinajstić information content (AvgIpc) is 3.08. The molecule has 0 aromatic rings. The lowest BCUT2D eigenvalue weighted by Crippen LogP contribution is -2.35. The molecule has 26 heavy (non-hydrogen) atoms. The molecule has 2 aliphatic rings. The summed E-state index contributed by atoms with van der Waals surface area (Å²) in [6.07, 6.45) is -0.567. The second kappa shape index (κ2) is 9.78. The number of rotatable bonds is 9. The molecule has 0 radical (unpaired) electrons. The maximum Gasteiger partial charge on any atom is 0.334 e. The molecule has 144 valence electrons. The Labute approximate surface area is 156 Å². The molecule has 1 atom stereocenters. The van der Waals surface area contributed by atoms with Crippen molar-refractivity contribution in [2.75, 3.05) is 11.5 Å². The summed E-state index contributed by atoms with van der Waals surface area (Å²) in [7, 11) is 2.64. The SMILES string of the molecule is O=C(CCSSCCC(=O)ON1C(=O)CCC1O)ON1C(=O)CCC1=O. The molecule has 1 N–H and O–H groups in total. The summed E-state index contributed by atoms with van der Waals surface area (Å²) in [4.78, 5) is 66.6. The molecule has 10 nitrogen and oxygen atoms in total. The minimum Gasteiger partial charge on any atom is -0.370 e. The second-order valence-electron chi connectivity index (χ2n) is 5.39. The largest absolute Gasteiger partial charge is 0.370 e. The molecule has 2 rings (SSSR count). The average molecular weight is 406 g/mol. The predicted octanol–water partition coefficient (Wildman–Crippen LogP) is 0.154. The maximum atomic E-state index is 11.6. The van der Waals surface area contributed by atoms with Crippen molar-refractivity contribution in [3.63, 3.8) is 0 Å². The Bertz CT molecular complexity index is 583. The number of aliphatic hydroxyl groups excluding tert-OH is 1. The fourth-order valence-electron chi connectivity index (χ4n) is 2.09. The zero-order valence-corrected chi connectivity index (χ0v) is 15.4. The molecule has 0 aliphatic carbocycles. The van der Waals surface area contributed by atoms with E-state index in [1.165, 1.54) is 21.6 Å². The Morgan fingerprint density at radius 1 is 0.923 bits per heavy atom. The van der Waals surface area contributed by atoms with Gasteiger partial charge < -0.3 is 14.8 Å². The number of hydroxylamine groups is 4. The molecule has 3 amide bonds. The maximum absolute atomic E-state index is 11.6. The molecule has 12 heteroatoms. The standard InChI is InChI=1S/C14H18N2O8S2/c17-9-1-2-10(18)15(9)23-13(21)5-7-25-26-8-6-14(22)24-16-11(19)3-4-12(16)20/h9,17H,1-8H2. The molecule has 1 unspecified atom stereocenters. The lowest BCUT2D eigenvalue weighted by molar-refractivity contribution is -0.220. The van der Waals surface area contributed by atoms with Crippen molar-refractivity contribution in [1.29, 1.82) is 0 Å². The molecule has 0 bridgehead atoms. The first kappa shape index (κ1) is 20.5. The minimum atomic E-state index is -1.09. The van der Waals surface area contributed by atoms with E-state index in [1.54, 1.807) is 0 Å². The van der Waals surface area contributed by atoms with Crippen molar-refractivity contribution in [1.82, 2.24) is 10.1 Å². The summed E-state index contributed by atoms with van der Waals surface area (Å²) in [6, 6.07) is 0. The highest BCUT2D eigenvalue weighted by Crippen LogP contribution is 2.24. The smallest absolute Gasteiger partial charge is 0.334 e. The van der Waals surface area contributed by atoms with Gasteiger partial charge in [0.15, 0.2) is 6.23 Å². The van der Waals surface area contributed by atoms with Gasteiger partial charge in [0.1, 0.15) is 0 Å². The van der Waals surface area contributed by atoms with E-state index in [-0.39, 0.29) is 38.5 Å². The second-order valence-corrected chi connectivity index (χ2v) is 8.09. The fourth-order valence-corrected chi connectivity index (χ4v) is 4.03. The molecule has 0 saturated carbocycles. The van der Waals surface area contributed by atoms with Crippen LogP contribution in [-0.2, 0) is 33.6 Å². The molecule has 0 aromatic carbocycles. The number of hydrogen-bond donors (Lipinski definition) is 1. The number of aliphatic hydroxyl groups is 1. The van der Waals surface area contributed by atoms with E-state index < -0.39 is 35.9 Å². The molecule has 2 aliphatic heterocycles. The van der Waals surface area contributed by atoms with Gasteiger partial charge in [-0.05, 0) is 0 Å². The van der Waals surface area contributed by atoms with E-state index in [9.17, 15) is 29.1 Å². The molecule has 2 saturated heterocycles. The van der Waals surface area contributed by atoms with Crippen LogP contribution in [0.5, 0.6) is 0 Å².